The van der Waals surface area contributed by atoms with Crippen molar-refractivity contribution in [3.8, 4) is 5.75 Å². The van der Waals surface area contributed by atoms with Crippen LogP contribution >= 0.6 is 0 Å². The lowest BCUT2D eigenvalue weighted by atomic mass is 10.1. The van der Waals surface area contributed by atoms with Crippen LogP contribution in [0.2, 0.25) is 0 Å². The van der Waals surface area contributed by atoms with E-state index in [-0.39, 0.29) is 5.92 Å². The zero-order valence-electron chi connectivity index (χ0n) is 16.3. The number of rotatable bonds is 9. The Morgan fingerprint density at radius 3 is 2.86 bits per heavy atom. The van der Waals surface area contributed by atoms with Crippen LogP contribution in [0.5, 0.6) is 5.75 Å². The average Bonchev–Trinajstić information content (AvgIpc) is 3.08. The molecule has 1 atom stereocenters. The standard InChI is InChI=1S/C20H29F3N4O/c1-3-11-28-18-8-6-5-7-17(18)13-26-19(24-4-2)25-12-16-9-10-27(14-16)15-20(21,22)23/h3,5-8,16H,1,4,9-15H2,2H3,(H2,24,25,26). The molecule has 0 radical (unpaired) electrons. The molecule has 1 unspecified atom stereocenters. The molecule has 1 aromatic rings. The minimum absolute atomic E-state index is 0.175. The van der Waals surface area contributed by atoms with Crippen LogP contribution in [0.1, 0.15) is 18.9 Å². The van der Waals surface area contributed by atoms with Crippen LogP contribution in [0, 0.1) is 5.92 Å². The van der Waals surface area contributed by atoms with E-state index in [1.165, 1.54) is 4.90 Å². The maximum atomic E-state index is 12.5. The SMILES string of the molecule is C=CCOc1ccccc1CN=C(NCC)NCC1CCN(CC(F)(F)F)C1. The van der Waals surface area contributed by atoms with Gasteiger partial charge in [0.2, 0.25) is 0 Å². The van der Waals surface area contributed by atoms with Crippen molar-refractivity contribution < 1.29 is 17.9 Å². The molecule has 28 heavy (non-hydrogen) atoms. The molecule has 2 N–H and O–H groups in total. The molecule has 5 nitrogen and oxygen atoms in total. The van der Waals surface area contributed by atoms with E-state index in [1.54, 1.807) is 6.08 Å². The summed E-state index contributed by atoms with van der Waals surface area (Å²) in [6.45, 7) is 7.87. The van der Waals surface area contributed by atoms with Gasteiger partial charge in [0.25, 0.3) is 0 Å². The zero-order valence-corrected chi connectivity index (χ0v) is 16.3. The number of hydrogen-bond acceptors (Lipinski definition) is 3. The van der Waals surface area contributed by atoms with Crippen molar-refractivity contribution in [3.05, 3.63) is 42.5 Å². The van der Waals surface area contributed by atoms with Crippen molar-refractivity contribution >= 4 is 5.96 Å². The van der Waals surface area contributed by atoms with E-state index in [0.717, 1.165) is 17.7 Å². The smallest absolute Gasteiger partial charge is 0.401 e. The molecule has 1 aromatic carbocycles. The molecule has 0 spiro atoms. The van der Waals surface area contributed by atoms with Crippen molar-refractivity contribution in [3.63, 3.8) is 0 Å². The molecule has 0 saturated carbocycles. The van der Waals surface area contributed by atoms with Gasteiger partial charge in [-0.05, 0) is 31.9 Å². The summed E-state index contributed by atoms with van der Waals surface area (Å²) in [6, 6.07) is 7.68. The van der Waals surface area contributed by atoms with Crippen LogP contribution in [0.4, 0.5) is 13.2 Å². The third-order valence-corrected chi connectivity index (χ3v) is 4.41. The fourth-order valence-corrected chi connectivity index (χ4v) is 3.15. The monoisotopic (exact) mass is 398 g/mol. The quantitative estimate of drug-likeness (QED) is 0.381. The van der Waals surface area contributed by atoms with Gasteiger partial charge in [-0.1, -0.05) is 30.9 Å². The molecule has 1 fully saturated rings. The van der Waals surface area contributed by atoms with Crippen molar-refractivity contribution in [1.82, 2.24) is 15.5 Å². The number of alkyl halides is 3. The third-order valence-electron chi connectivity index (χ3n) is 4.41. The minimum Gasteiger partial charge on any atom is -0.489 e. The third kappa shape index (κ3) is 7.80. The first-order valence-electron chi connectivity index (χ1n) is 9.54. The molecule has 1 heterocycles. The first kappa shape index (κ1) is 22.1. The van der Waals surface area contributed by atoms with E-state index in [1.807, 2.05) is 31.2 Å². The molecule has 1 saturated heterocycles. The fourth-order valence-electron chi connectivity index (χ4n) is 3.15. The van der Waals surface area contributed by atoms with Crippen LogP contribution in [-0.4, -0.2) is 56.4 Å². The number of benzene rings is 1. The highest BCUT2D eigenvalue weighted by molar-refractivity contribution is 5.79. The van der Waals surface area contributed by atoms with Gasteiger partial charge in [0.1, 0.15) is 12.4 Å². The molecule has 8 heteroatoms. The van der Waals surface area contributed by atoms with Crippen molar-refractivity contribution in [2.24, 2.45) is 10.9 Å². The minimum atomic E-state index is -4.14. The van der Waals surface area contributed by atoms with Crippen LogP contribution < -0.4 is 15.4 Å². The van der Waals surface area contributed by atoms with E-state index in [0.29, 0.717) is 45.3 Å². The lowest BCUT2D eigenvalue weighted by Crippen LogP contribution is -2.40. The largest absolute Gasteiger partial charge is 0.489 e. The molecule has 1 aliphatic rings. The Kier molecular flexibility index (Phi) is 8.63. The number of aliphatic imine (C=N–C) groups is 1. The second-order valence-corrected chi connectivity index (χ2v) is 6.79. The summed E-state index contributed by atoms with van der Waals surface area (Å²) in [7, 11) is 0. The van der Waals surface area contributed by atoms with Crippen molar-refractivity contribution in [2.75, 3.05) is 39.3 Å². The summed E-state index contributed by atoms with van der Waals surface area (Å²) in [4.78, 5) is 6.05. The van der Waals surface area contributed by atoms with E-state index >= 15 is 0 Å². The second kappa shape index (κ2) is 10.9. The van der Waals surface area contributed by atoms with Crippen LogP contribution in [0.15, 0.2) is 41.9 Å². The summed E-state index contributed by atoms with van der Waals surface area (Å²) in [5.41, 5.74) is 0.957. The fraction of sp³-hybridized carbons (Fsp3) is 0.550. The molecular formula is C20H29F3N4O. The molecule has 0 aromatic heterocycles. The summed E-state index contributed by atoms with van der Waals surface area (Å²) >= 11 is 0. The number of guanidine groups is 1. The predicted octanol–water partition coefficient (Wildman–Crippen LogP) is 3.19. The first-order valence-corrected chi connectivity index (χ1v) is 9.54. The van der Waals surface area contributed by atoms with Crippen LogP contribution in [-0.2, 0) is 6.54 Å². The Morgan fingerprint density at radius 2 is 2.14 bits per heavy atom. The Labute approximate surface area is 164 Å². The Bertz CT molecular complexity index is 649. The number of ether oxygens (including phenoxy) is 1. The summed E-state index contributed by atoms with van der Waals surface area (Å²) in [5.74, 6) is 1.59. The van der Waals surface area contributed by atoms with Gasteiger partial charge < -0.3 is 15.4 Å². The Hall–Kier alpha value is -2.22. The topological polar surface area (TPSA) is 48.9 Å². The number of nitrogens with one attached hydrogen (secondary N) is 2. The highest BCUT2D eigenvalue weighted by atomic mass is 19.4. The normalized spacial score (nSPS) is 18.1. The highest BCUT2D eigenvalue weighted by Crippen LogP contribution is 2.22. The number of halogens is 3. The molecule has 0 bridgehead atoms. The second-order valence-electron chi connectivity index (χ2n) is 6.79. The Balaban J connectivity index is 1.89. The first-order chi connectivity index (χ1) is 13.4. The number of hydrogen-bond donors (Lipinski definition) is 2. The molecule has 0 amide bonds. The van der Waals surface area contributed by atoms with Gasteiger partial charge in [0, 0.05) is 25.2 Å². The lowest BCUT2D eigenvalue weighted by Gasteiger charge is -2.18. The summed E-state index contributed by atoms with van der Waals surface area (Å²) < 4.78 is 43.2. The van der Waals surface area contributed by atoms with E-state index in [2.05, 4.69) is 22.2 Å². The van der Waals surface area contributed by atoms with Gasteiger partial charge >= 0.3 is 6.18 Å². The van der Waals surface area contributed by atoms with Gasteiger partial charge in [0.15, 0.2) is 5.96 Å². The summed E-state index contributed by atoms with van der Waals surface area (Å²) in [5, 5.41) is 6.43. The molecule has 1 aliphatic heterocycles. The van der Waals surface area contributed by atoms with Crippen molar-refractivity contribution in [1.29, 1.82) is 0 Å². The van der Waals surface area contributed by atoms with Crippen molar-refractivity contribution in [2.45, 2.75) is 26.1 Å². The van der Waals surface area contributed by atoms with E-state index < -0.39 is 12.7 Å². The summed E-state index contributed by atoms with van der Waals surface area (Å²) in [6.07, 6.45) is -1.70. The molecule has 156 valence electrons. The molecular weight excluding hydrogens is 369 g/mol. The maximum Gasteiger partial charge on any atom is 0.401 e. The highest BCUT2D eigenvalue weighted by Gasteiger charge is 2.34. The number of nitrogens with zero attached hydrogens (tertiary/aromatic N) is 2. The molecule has 2 rings (SSSR count). The van der Waals surface area contributed by atoms with Crippen LogP contribution in [0.25, 0.3) is 0 Å². The Morgan fingerprint density at radius 1 is 1.36 bits per heavy atom. The van der Waals surface area contributed by atoms with Crippen LogP contribution in [0.3, 0.4) is 0 Å². The van der Waals surface area contributed by atoms with Gasteiger partial charge in [0.05, 0.1) is 13.1 Å². The predicted molar refractivity (Wildman–Crippen MR) is 106 cm³/mol. The average molecular weight is 398 g/mol. The van der Waals surface area contributed by atoms with Gasteiger partial charge in [-0.25, -0.2) is 4.99 Å². The lowest BCUT2D eigenvalue weighted by molar-refractivity contribution is -0.143. The molecule has 0 aliphatic carbocycles. The number of para-hydroxylation sites is 1. The van der Waals surface area contributed by atoms with E-state index in [4.69, 9.17) is 4.74 Å². The zero-order chi connectivity index (χ0) is 20.4. The van der Waals surface area contributed by atoms with Gasteiger partial charge in [-0.3, -0.25) is 4.90 Å². The number of likely N-dealkylation sites (tertiary alicyclic amines) is 1. The van der Waals surface area contributed by atoms with E-state index in [9.17, 15) is 13.2 Å². The van der Waals surface area contributed by atoms with Gasteiger partial charge in [-0.15, -0.1) is 0 Å². The van der Waals surface area contributed by atoms with Gasteiger partial charge in [-0.2, -0.15) is 13.2 Å². The maximum absolute atomic E-state index is 12.5.